The summed E-state index contributed by atoms with van der Waals surface area (Å²) in [5.41, 5.74) is 5.04. The summed E-state index contributed by atoms with van der Waals surface area (Å²) in [5, 5.41) is 0. The number of hydrogen-bond donors (Lipinski definition) is 1. The van der Waals surface area contributed by atoms with E-state index in [1.807, 2.05) is 31.2 Å². The second kappa shape index (κ2) is 6.00. The zero-order valence-corrected chi connectivity index (χ0v) is 9.67. The number of para-hydroxylation sites is 1. The van der Waals surface area contributed by atoms with Crippen molar-refractivity contribution in [1.82, 2.24) is 0 Å². The summed E-state index contributed by atoms with van der Waals surface area (Å²) in [6, 6.07) is 8.00. The van der Waals surface area contributed by atoms with Crippen molar-refractivity contribution < 1.29 is 27.5 Å². The van der Waals surface area contributed by atoms with Crippen LogP contribution in [0.1, 0.15) is 18.9 Å². The van der Waals surface area contributed by atoms with Crippen molar-refractivity contribution in [2.75, 3.05) is 0 Å². The van der Waals surface area contributed by atoms with Gasteiger partial charge in [0.25, 0.3) is 0 Å². The van der Waals surface area contributed by atoms with Crippen LogP contribution in [0.2, 0.25) is 0 Å². The zero-order valence-electron chi connectivity index (χ0n) is 8.09. The normalized spacial score (nSPS) is 11.6. The van der Waals surface area contributed by atoms with Crippen LogP contribution >= 0.6 is 0 Å². The molecule has 1 aromatic rings. The van der Waals surface area contributed by atoms with Gasteiger partial charge in [0.1, 0.15) is 5.75 Å². The molecule has 0 fully saturated rings. The van der Waals surface area contributed by atoms with E-state index >= 15 is 0 Å². The van der Waals surface area contributed by atoms with E-state index in [0.717, 1.165) is 12.2 Å². The maximum absolute atomic E-state index is 5.58. The summed E-state index contributed by atoms with van der Waals surface area (Å²) >= 11 is 0. The highest BCUT2D eigenvalue weighted by Crippen LogP contribution is 2.16. The lowest BCUT2D eigenvalue weighted by molar-refractivity contribution is -0.473. The van der Waals surface area contributed by atoms with Gasteiger partial charge in [0, 0.05) is 6.42 Å². The second-order valence-electron chi connectivity index (χ2n) is 2.91. The van der Waals surface area contributed by atoms with Gasteiger partial charge < -0.3 is 27.5 Å². The maximum Gasteiger partial charge on any atom is 0.228 e. The Bertz CT molecular complexity index is 252. The molecule has 1 atom stereocenters. The molecule has 1 unspecified atom stereocenters. The van der Waals surface area contributed by atoms with E-state index in [-0.39, 0.29) is 23.2 Å². The van der Waals surface area contributed by atoms with E-state index in [0.29, 0.717) is 0 Å². The lowest BCUT2D eigenvalue weighted by Crippen LogP contribution is -3.00. The highest BCUT2D eigenvalue weighted by molar-refractivity contribution is 5.31. The van der Waals surface area contributed by atoms with E-state index in [9.17, 15) is 0 Å². The molecule has 1 rings (SSSR count). The first kappa shape index (κ1) is 12.5. The number of aryl methyl sites for hydroxylation is 1. The van der Waals surface area contributed by atoms with Crippen LogP contribution in [0, 0.1) is 6.92 Å². The maximum atomic E-state index is 5.58. The monoisotopic (exact) mass is 245 g/mol. The quantitative estimate of drug-likeness (QED) is 0.638. The van der Waals surface area contributed by atoms with Gasteiger partial charge in [-0.25, -0.2) is 0 Å². The van der Waals surface area contributed by atoms with Crippen molar-refractivity contribution in [3.8, 4) is 5.75 Å². The fourth-order valence-electron chi connectivity index (χ4n) is 0.952. The van der Waals surface area contributed by atoms with Crippen molar-refractivity contribution in [2.45, 2.75) is 26.5 Å². The molecule has 3 N–H and O–H groups in total. The van der Waals surface area contributed by atoms with Crippen LogP contribution in [0.4, 0.5) is 0 Å². The Balaban J connectivity index is 0.00000144. The number of halogens is 1. The highest BCUT2D eigenvalue weighted by atomic mass is 79.9. The summed E-state index contributed by atoms with van der Waals surface area (Å²) in [4.78, 5) is 0. The van der Waals surface area contributed by atoms with Crippen LogP contribution in [-0.4, -0.2) is 6.23 Å². The smallest absolute Gasteiger partial charge is 0.228 e. The molecule has 74 valence electrons. The largest absolute Gasteiger partial charge is 1.00 e. The predicted molar refractivity (Wildman–Crippen MR) is 48.8 cm³/mol. The standard InChI is InChI=1S/C10H15NO.BrH/c1-3-10(11)12-9-7-5-4-6-8(9)2;/h4-7,10H,3,11H2,1-2H3;1H. The van der Waals surface area contributed by atoms with E-state index in [2.05, 4.69) is 12.7 Å². The Morgan fingerprint density at radius 3 is 2.54 bits per heavy atom. The van der Waals surface area contributed by atoms with Gasteiger partial charge in [-0.05, 0) is 18.6 Å². The summed E-state index contributed by atoms with van der Waals surface area (Å²) < 4.78 is 5.58. The van der Waals surface area contributed by atoms with Gasteiger partial charge in [-0.3, -0.25) is 0 Å². The third-order valence-electron chi connectivity index (χ3n) is 1.84. The Morgan fingerprint density at radius 2 is 2.00 bits per heavy atom. The lowest BCUT2D eigenvalue weighted by atomic mass is 10.2. The third kappa shape index (κ3) is 3.79. The van der Waals surface area contributed by atoms with Crippen LogP contribution in [0.15, 0.2) is 24.3 Å². The van der Waals surface area contributed by atoms with Gasteiger partial charge in [0.05, 0.1) is 0 Å². The van der Waals surface area contributed by atoms with E-state index in [4.69, 9.17) is 4.74 Å². The van der Waals surface area contributed by atoms with Crippen molar-refractivity contribution in [1.29, 1.82) is 0 Å². The Kier molecular flexibility index (Phi) is 5.75. The first-order valence-electron chi connectivity index (χ1n) is 4.29. The molecule has 0 spiro atoms. The number of quaternary nitrogens is 1. The van der Waals surface area contributed by atoms with E-state index < -0.39 is 0 Å². The van der Waals surface area contributed by atoms with Crippen LogP contribution in [0.5, 0.6) is 5.75 Å². The zero-order chi connectivity index (χ0) is 8.97. The van der Waals surface area contributed by atoms with Crippen LogP contribution in [0.3, 0.4) is 0 Å². The molecule has 0 saturated heterocycles. The molecular weight excluding hydrogens is 230 g/mol. The molecule has 0 heterocycles. The average Bonchev–Trinajstić information content (AvgIpc) is 2.09. The first-order valence-corrected chi connectivity index (χ1v) is 4.29. The van der Waals surface area contributed by atoms with Crippen LogP contribution in [0.25, 0.3) is 0 Å². The van der Waals surface area contributed by atoms with Crippen molar-refractivity contribution >= 4 is 0 Å². The Morgan fingerprint density at radius 1 is 1.38 bits per heavy atom. The third-order valence-corrected chi connectivity index (χ3v) is 1.84. The SMILES string of the molecule is CCC([NH3+])Oc1ccccc1C.[Br-]. The Hall–Kier alpha value is -0.540. The molecule has 0 bridgehead atoms. The Labute approximate surface area is 89.9 Å². The fourth-order valence-corrected chi connectivity index (χ4v) is 0.952. The molecule has 0 aliphatic heterocycles. The van der Waals surface area contributed by atoms with Crippen molar-refractivity contribution in [2.24, 2.45) is 0 Å². The molecule has 0 saturated carbocycles. The molecule has 3 heteroatoms. The molecule has 0 aromatic heterocycles. The molecule has 0 radical (unpaired) electrons. The lowest BCUT2D eigenvalue weighted by Gasteiger charge is -2.10. The van der Waals surface area contributed by atoms with E-state index in [1.54, 1.807) is 0 Å². The van der Waals surface area contributed by atoms with Gasteiger partial charge in [-0.15, -0.1) is 0 Å². The minimum absolute atomic E-state index is 0. The van der Waals surface area contributed by atoms with Crippen LogP contribution < -0.4 is 27.5 Å². The molecule has 1 aromatic carbocycles. The first-order chi connectivity index (χ1) is 5.74. The topological polar surface area (TPSA) is 36.9 Å². The van der Waals surface area contributed by atoms with Gasteiger partial charge in [-0.2, -0.15) is 0 Å². The average molecular weight is 246 g/mol. The number of benzene rings is 1. The summed E-state index contributed by atoms with van der Waals surface area (Å²) in [6.07, 6.45) is 1.00. The number of rotatable bonds is 3. The molecule has 13 heavy (non-hydrogen) atoms. The minimum Gasteiger partial charge on any atom is -1.00 e. The predicted octanol–water partition coefficient (Wildman–Crippen LogP) is -1.64. The molecule has 2 nitrogen and oxygen atoms in total. The number of ether oxygens (including phenoxy) is 1. The van der Waals surface area contributed by atoms with Gasteiger partial charge in [0.15, 0.2) is 0 Å². The molecular formula is C10H16BrNO. The van der Waals surface area contributed by atoms with Gasteiger partial charge in [-0.1, -0.05) is 25.1 Å². The van der Waals surface area contributed by atoms with Gasteiger partial charge in [0.2, 0.25) is 6.23 Å². The van der Waals surface area contributed by atoms with Crippen LogP contribution in [-0.2, 0) is 0 Å². The molecule has 0 aliphatic carbocycles. The second-order valence-corrected chi connectivity index (χ2v) is 2.91. The van der Waals surface area contributed by atoms with Crippen molar-refractivity contribution in [3.05, 3.63) is 29.8 Å². The summed E-state index contributed by atoms with van der Waals surface area (Å²) in [5.74, 6) is 0.944. The number of hydrogen-bond acceptors (Lipinski definition) is 1. The molecule has 0 aliphatic rings. The van der Waals surface area contributed by atoms with Gasteiger partial charge >= 0.3 is 0 Å². The van der Waals surface area contributed by atoms with Crippen molar-refractivity contribution in [3.63, 3.8) is 0 Å². The minimum atomic E-state index is 0. The fraction of sp³-hybridized carbons (Fsp3) is 0.400. The highest BCUT2D eigenvalue weighted by Gasteiger charge is 2.05. The van der Waals surface area contributed by atoms with E-state index in [1.165, 1.54) is 5.56 Å². The molecule has 0 amide bonds. The summed E-state index contributed by atoms with van der Waals surface area (Å²) in [7, 11) is 0. The summed E-state index contributed by atoms with van der Waals surface area (Å²) in [6.45, 7) is 4.10.